The number of cyclic esters (lactones) is 1. The smallest absolute Gasteiger partial charge is 0.324 e. The van der Waals surface area contributed by atoms with E-state index in [0.717, 1.165) is 19.8 Å². The number of morpholine rings is 1. The lowest BCUT2D eigenvalue weighted by atomic mass is 9.65. The van der Waals surface area contributed by atoms with Gasteiger partial charge in [-0.1, -0.05) is 121 Å². The number of nitrogens with zero attached hydrogens (tertiary/aromatic N) is 1. The maximum Gasteiger partial charge on any atom is 0.324 e. The Hall–Kier alpha value is -7.31. The van der Waals surface area contributed by atoms with Crippen LogP contribution in [0.3, 0.4) is 0 Å². The number of fused-ring (bicyclic) bond motifs is 3. The predicted octanol–water partition coefficient (Wildman–Crippen LogP) is 4.88. The maximum atomic E-state index is 15.6. The molecule has 1 spiro atoms. The number of para-hydroxylation sites is 1. The zero-order valence-electron chi connectivity index (χ0n) is 35.6. The highest BCUT2D eigenvalue weighted by atomic mass is 16.6. The Labute approximate surface area is 375 Å². The second-order valence-corrected chi connectivity index (χ2v) is 15.9. The molecule has 65 heavy (non-hydrogen) atoms. The topological polar surface area (TPSA) is 190 Å². The number of hydrogen-bond acceptors (Lipinski definition) is 12. The van der Waals surface area contributed by atoms with Crippen LogP contribution in [0.2, 0.25) is 0 Å². The van der Waals surface area contributed by atoms with E-state index in [4.69, 9.17) is 18.9 Å². The number of hydrogen-bond donors (Lipinski definition) is 4. The minimum atomic E-state index is -1.93. The van der Waals surface area contributed by atoms with Crippen LogP contribution in [0.15, 0.2) is 133 Å². The average Bonchev–Trinajstić information content (AvgIpc) is 3.82. The van der Waals surface area contributed by atoms with E-state index in [1.54, 1.807) is 72.8 Å². The van der Waals surface area contributed by atoms with Gasteiger partial charge in [-0.3, -0.25) is 28.9 Å². The standard InChI is InChI=1S/C51H47N3O11/c1-62-47(58)36(48(59)63-2)23-14-15-31-25-26-38-37(29-31)51(50(61)53-38)41(46(57)52-30-39(56)32-16-6-3-7-17-32)43-49(60)65-44(34-20-10-5-11-21-34)42(33-18-8-4-9-19-33)54(43)45(51)35-22-12-13-24-40(35)64-28-27-55/h3-13,16-22,24-26,29,36,39,41-45,55-56H,23,27-28,30H2,1-2H3,(H,52,57)(H,53,61)/t39-,41+,42+,43+,44-,45-,51+/m0/s1. The minimum Gasteiger partial charge on any atom is -0.491 e. The van der Waals surface area contributed by atoms with Crippen molar-refractivity contribution in [2.24, 2.45) is 11.8 Å². The predicted molar refractivity (Wildman–Crippen MR) is 236 cm³/mol. The first kappa shape index (κ1) is 44.3. The number of nitrogens with one attached hydrogen (secondary N) is 2. The molecule has 0 aromatic heterocycles. The zero-order chi connectivity index (χ0) is 45.7. The van der Waals surface area contributed by atoms with Crippen LogP contribution in [0.1, 0.15) is 64.1 Å². The molecule has 2 fully saturated rings. The fraction of sp³-hybridized carbons (Fsp3) is 0.275. The van der Waals surface area contributed by atoms with Gasteiger partial charge in [-0.05, 0) is 46.5 Å². The largest absolute Gasteiger partial charge is 0.491 e. The van der Waals surface area contributed by atoms with Crippen molar-refractivity contribution in [3.8, 4) is 17.6 Å². The monoisotopic (exact) mass is 877 g/mol. The van der Waals surface area contributed by atoms with E-state index >= 15 is 14.4 Å². The van der Waals surface area contributed by atoms with Crippen LogP contribution in [0.4, 0.5) is 5.69 Å². The molecule has 5 aromatic carbocycles. The average molecular weight is 878 g/mol. The first-order valence-corrected chi connectivity index (χ1v) is 21.2. The Kier molecular flexibility index (Phi) is 13.1. The molecule has 3 aliphatic rings. The Morgan fingerprint density at radius 2 is 1.46 bits per heavy atom. The van der Waals surface area contributed by atoms with Gasteiger partial charge < -0.3 is 39.8 Å². The summed E-state index contributed by atoms with van der Waals surface area (Å²) in [6, 6.07) is 36.1. The normalized spacial score (nSPS) is 22.4. The van der Waals surface area contributed by atoms with Gasteiger partial charge >= 0.3 is 17.9 Å². The van der Waals surface area contributed by atoms with Crippen molar-refractivity contribution in [1.29, 1.82) is 0 Å². The van der Waals surface area contributed by atoms with Gasteiger partial charge in [0, 0.05) is 29.8 Å². The second kappa shape index (κ2) is 19.2. The fourth-order valence-electron chi connectivity index (χ4n) is 9.54. The lowest BCUT2D eigenvalue weighted by Crippen LogP contribution is -2.55. The summed E-state index contributed by atoms with van der Waals surface area (Å²) in [5, 5.41) is 27.2. The maximum absolute atomic E-state index is 15.6. The molecule has 0 bridgehead atoms. The van der Waals surface area contributed by atoms with E-state index in [1.807, 2.05) is 65.6 Å². The highest BCUT2D eigenvalue weighted by Crippen LogP contribution is 2.65. The molecule has 5 aromatic rings. The van der Waals surface area contributed by atoms with Crippen LogP contribution >= 0.6 is 0 Å². The third-order valence-corrected chi connectivity index (χ3v) is 12.3. The number of anilines is 1. The highest BCUT2D eigenvalue weighted by molar-refractivity contribution is 6.12. The van der Waals surface area contributed by atoms with Crippen molar-refractivity contribution in [2.75, 3.05) is 39.3 Å². The van der Waals surface area contributed by atoms with Crippen LogP contribution in [0, 0.1) is 23.7 Å². The van der Waals surface area contributed by atoms with Crippen molar-refractivity contribution >= 4 is 35.4 Å². The molecular formula is C51H47N3O11. The molecule has 0 unspecified atom stereocenters. The molecule has 0 radical (unpaired) electrons. The molecule has 0 aliphatic carbocycles. The van der Waals surface area contributed by atoms with Gasteiger partial charge in [0.1, 0.15) is 29.9 Å². The molecule has 8 rings (SSSR count). The van der Waals surface area contributed by atoms with Crippen LogP contribution in [0.5, 0.6) is 5.75 Å². The van der Waals surface area contributed by atoms with Crippen molar-refractivity contribution in [3.63, 3.8) is 0 Å². The van der Waals surface area contributed by atoms with Crippen LogP contribution < -0.4 is 15.4 Å². The summed E-state index contributed by atoms with van der Waals surface area (Å²) >= 11 is 0. The Morgan fingerprint density at radius 3 is 2.12 bits per heavy atom. The fourth-order valence-corrected chi connectivity index (χ4v) is 9.54. The summed E-state index contributed by atoms with van der Waals surface area (Å²) < 4.78 is 22.3. The van der Waals surface area contributed by atoms with Gasteiger partial charge in [-0.2, -0.15) is 0 Å². The number of aliphatic hydroxyl groups is 2. The van der Waals surface area contributed by atoms with Crippen LogP contribution in [-0.2, 0) is 43.6 Å². The summed E-state index contributed by atoms with van der Waals surface area (Å²) in [4.78, 5) is 73.0. The lowest BCUT2D eigenvalue weighted by molar-refractivity contribution is -0.178. The van der Waals surface area contributed by atoms with Gasteiger partial charge in [0.25, 0.3) is 0 Å². The number of ether oxygens (including phenoxy) is 4. The van der Waals surface area contributed by atoms with E-state index in [0.29, 0.717) is 39.3 Å². The minimum absolute atomic E-state index is 0.0983. The van der Waals surface area contributed by atoms with E-state index in [-0.39, 0.29) is 26.2 Å². The molecule has 3 heterocycles. The van der Waals surface area contributed by atoms with E-state index in [9.17, 15) is 19.8 Å². The third-order valence-electron chi connectivity index (χ3n) is 12.3. The van der Waals surface area contributed by atoms with Crippen molar-refractivity contribution < 1.29 is 53.1 Å². The Morgan fingerprint density at radius 1 is 0.831 bits per heavy atom. The zero-order valence-corrected chi connectivity index (χ0v) is 35.6. The van der Waals surface area contributed by atoms with Gasteiger partial charge in [0.2, 0.25) is 11.8 Å². The van der Waals surface area contributed by atoms with Gasteiger partial charge in [0.05, 0.1) is 44.9 Å². The van der Waals surface area contributed by atoms with Crippen molar-refractivity contribution in [3.05, 3.63) is 167 Å². The van der Waals surface area contributed by atoms with E-state index < -0.39 is 77.3 Å². The van der Waals surface area contributed by atoms with Gasteiger partial charge in [-0.15, -0.1) is 0 Å². The summed E-state index contributed by atoms with van der Waals surface area (Å²) in [6.07, 6.45) is -2.30. The van der Waals surface area contributed by atoms with Gasteiger partial charge in [0.15, 0.2) is 5.92 Å². The molecule has 3 aliphatic heterocycles. The summed E-state index contributed by atoms with van der Waals surface area (Å²) in [5.74, 6) is -0.293. The first-order chi connectivity index (χ1) is 31.6. The number of carbonyl (C=O) groups excluding carboxylic acids is 5. The Bertz CT molecular complexity index is 2620. The van der Waals surface area contributed by atoms with E-state index in [2.05, 4.69) is 22.5 Å². The number of esters is 3. The van der Waals surface area contributed by atoms with Crippen LogP contribution in [0.25, 0.3) is 0 Å². The van der Waals surface area contributed by atoms with E-state index in [1.165, 1.54) is 0 Å². The molecule has 14 nitrogen and oxygen atoms in total. The number of carbonyl (C=O) groups is 5. The highest BCUT2D eigenvalue weighted by Gasteiger charge is 2.74. The van der Waals surface area contributed by atoms with Gasteiger partial charge in [-0.25, -0.2) is 0 Å². The molecule has 14 heteroatoms. The second-order valence-electron chi connectivity index (χ2n) is 15.9. The molecule has 2 amide bonds. The molecule has 4 N–H and O–H groups in total. The SMILES string of the molecule is COC(=O)C(CC#Cc1ccc2c(c1)[C@]1(C(=O)N2)[C@H](c2ccccc2OCCO)N2[C@H](c3ccccc3)[C@H](c3ccccc3)OC(=O)[C@H]2[C@@H]1C(=O)NC[C@H](O)c1ccccc1)C(=O)OC. The first-order valence-electron chi connectivity index (χ1n) is 21.2. The molecule has 7 atom stereocenters. The molecule has 0 saturated carbocycles. The summed E-state index contributed by atoms with van der Waals surface area (Å²) in [5.41, 5.74) is 1.53. The molecule has 332 valence electrons. The number of amides is 2. The van der Waals surface area contributed by atoms with Crippen LogP contribution in [-0.4, -0.2) is 84.9 Å². The number of aliphatic hydroxyl groups excluding tert-OH is 2. The van der Waals surface area contributed by atoms with Crippen molar-refractivity contribution in [1.82, 2.24) is 10.2 Å². The quantitative estimate of drug-likeness (QED) is 0.0544. The number of rotatable bonds is 13. The summed E-state index contributed by atoms with van der Waals surface area (Å²) in [7, 11) is 2.31. The summed E-state index contributed by atoms with van der Waals surface area (Å²) in [6.45, 7) is -0.675. The molecule has 2 saturated heterocycles. The molecular weight excluding hydrogens is 831 g/mol. The number of methoxy groups -OCH3 is 2. The van der Waals surface area contributed by atoms with Crippen molar-refractivity contribution in [2.45, 2.75) is 42.2 Å². The third kappa shape index (κ3) is 8.21. The number of benzene rings is 5. The lowest BCUT2D eigenvalue weighted by Gasteiger charge is -2.46. The Balaban J connectivity index is 1.38.